The maximum atomic E-state index is 11.6. The largest absolute Gasteiger partial charge is 0.381 e. The molecule has 1 aromatic heterocycles. The summed E-state index contributed by atoms with van der Waals surface area (Å²) in [6.45, 7) is 5.53. The first-order chi connectivity index (χ1) is 6.80. The Morgan fingerprint density at radius 1 is 1.60 bits per heavy atom. The summed E-state index contributed by atoms with van der Waals surface area (Å²) in [4.78, 5) is 24.9. The van der Waals surface area contributed by atoms with Crippen LogP contribution in [-0.4, -0.2) is 20.3 Å². The zero-order valence-corrected chi connectivity index (χ0v) is 8.93. The van der Waals surface area contributed by atoms with Crippen molar-refractivity contribution in [3.8, 4) is 0 Å². The van der Waals surface area contributed by atoms with Crippen LogP contribution in [0.2, 0.25) is 0 Å². The molecule has 0 aliphatic carbocycles. The van der Waals surface area contributed by atoms with Crippen molar-refractivity contribution in [2.45, 2.75) is 27.3 Å². The van der Waals surface area contributed by atoms with Gasteiger partial charge in [0.15, 0.2) is 5.78 Å². The van der Waals surface area contributed by atoms with E-state index < -0.39 is 10.3 Å². The molecule has 0 N–H and O–H groups in total. The Bertz CT molecular complexity index is 390. The van der Waals surface area contributed by atoms with Crippen molar-refractivity contribution in [2.24, 2.45) is 5.41 Å². The van der Waals surface area contributed by atoms with E-state index >= 15 is 0 Å². The Morgan fingerprint density at radius 2 is 2.20 bits per heavy atom. The third-order valence-electron chi connectivity index (χ3n) is 1.97. The first kappa shape index (κ1) is 11.4. The maximum Gasteiger partial charge on any atom is 0.381 e. The van der Waals surface area contributed by atoms with E-state index in [2.05, 4.69) is 4.98 Å². The summed E-state index contributed by atoms with van der Waals surface area (Å²) in [5.74, 6) is -0.230. The van der Waals surface area contributed by atoms with Gasteiger partial charge in [-0.1, -0.05) is 20.8 Å². The molecule has 1 heterocycles. The van der Waals surface area contributed by atoms with Crippen LogP contribution in [0.15, 0.2) is 12.5 Å². The summed E-state index contributed by atoms with van der Waals surface area (Å²) in [7, 11) is 0. The van der Waals surface area contributed by atoms with Crippen LogP contribution in [0.3, 0.4) is 0 Å². The molecule has 0 radical (unpaired) electrons. The highest BCUT2D eigenvalue weighted by molar-refractivity contribution is 5.83. The molecule has 6 heteroatoms. The average molecular weight is 211 g/mol. The highest BCUT2D eigenvalue weighted by Gasteiger charge is 2.22. The molecule has 0 saturated carbocycles. The first-order valence-corrected chi connectivity index (χ1v) is 4.50. The smallest absolute Gasteiger partial charge is 0.358 e. The van der Waals surface area contributed by atoms with Gasteiger partial charge in [-0.05, 0) is 9.91 Å². The van der Waals surface area contributed by atoms with Gasteiger partial charge in [-0.3, -0.25) is 4.79 Å². The fourth-order valence-electron chi connectivity index (χ4n) is 0.932. The minimum absolute atomic E-state index is 0.00907. The molecule has 0 saturated heterocycles. The van der Waals surface area contributed by atoms with Crippen LogP contribution in [0.4, 0.5) is 5.82 Å². The SMILES string of the molecule is CC(C)(C)C(=O)Cn1cnc([N+](=O)[O-])c1. The molecule has 0 amide bonds. The molecule has 1 rings (SSSR count). The summed E-state index contributed by atoms with van der Waals surface area (Å²) in [6.07, 6.45) is 2.55. The molecule has 6 nitrogen and oxygen atoms in total. The van der Waals surface area contributed by atoms with Gasteiger partial charge >= 0.3 is 5.82 Å². The lowest BCUT2D eigenvalue weighted by molar-refractivity contribution is -0.389. The van der Waals surface area contributed by atoms with Crippen molar-refractivity contribution in [1.82, 2.24) is 9.55 Å². The average Bonchev–Trinajstić information content (AvgIpc) is 2.50. The van der Waals surface area contributed by atoms with E-state index in [9.17, 15) is 14.9 Å². The van der Waals surface area contributed by atoms with Crippen LogP contribution in [0, 0.1) is 15.5 Å². The van der Waals surface area contributed by atoms with Crippen molar-refractivity contribution in [3.05, 3.63) is 22.6 Å². The maximum absolute atomic E-state index is 11.6. The lowest BCUT2D eigenvalue weighted by Crippen LogP contribution is -2.24. The van der Waals surface area contributed by atoms with E-state index in [0.29, 0.717) is 0 Å². The summed E-state index contributed by atoms with van der Waals surface area (Å²) >= 11 is 0. The Labute approximate surface area is 87.1 Å². The summed E-state index contributed by atoms with van der Waals surface area (Å²) < 4.78 is 1.42. The second-order valence-corrected chi connectivity index (χ2v) is 4.33. The van der Waals surface area contributed by atoms with E-state index in [0.717, 1.165) is 0 Å². The van der Waals surface area contributed by atoms with Gasteiger partial charge in [-0.2, -0.15) is 0 Å². The van der Waals surface area contributed by atoms with Gasteiger partial charge in [-0.15, -0.1) is 0 Å². The summed E-state index contributed by atoms with van der Waals surface area (Å²) in [5.41, 5.74) is -0.445. The van der Waals surface area contributed by atoms with Crippen molar-refractivity contribution in [1.29, 1.82) is 0 Å². The van der Waals surface area contributed by atoms with Crippen molar-refractivity contribution >= 4 is 11.6 Å². The predicted octanol–water partition coefficient (Wildman–Crippen LogP) is 1.41. The van der Waals surface area contributed by atoms with E-state index in [-0.39, 0.29) is 18.1 Å². The molecule has 0 aliphatic heterocycles. The second kappa shape index (κ2) is 3.80. The lowest BCUT2D eigenvalue weighted by Gasteiger charge is -2.15. The van der Waals surface area contributed by atoms with Crippen LogP contribution in [-0.2, 0) is 11.3 Å². The molecular weight excluding hydrogens is 198 g/mol. The van der Waals surface area contributed by atoms with Gasteiger partial charge in [0, 0.05) is 5.41 Å². The summed E-state index contributed by atoms with van der Waals surface area (Å²) in [6, 6.07) is 0. The van der Waals surface area contributed by atoms with Crippen LogP contribution >= 0.6 is 0 Å². The number of hydrogen-bond donors (Lipinski definition) is 0. The number of carbonyl (C=O) groups excluding carboxylic acids is 1. The Kier molecular flexibility index (Phi) is 2.88. The number of ketones is 1. The fourth-order valence-corrected chi connectivity index (χ4v) is 0.932. The number of hydrogen-bond acceptors (Lipinski definition) is 4. The number of Topliss-reactive ketones (excluding diaryl/α,β-unsaturated/α-hetero) is 1. The van der Waals surface area contributed by atoms with Crippen LogP contribution in [0.1, 0.15) is 20.8 Å². The van der Waals surface area contributed by atoms with Gasteiger partial charge in [-0.25, -0.2) is 0 Å². The minimum Gasteiger partial charge on any atom is -0.358 e. The predicted molar refractivity (Wildman–Crippen MR) is 53.3 cm³/mol. The van der Waals surface area contributed by atoms with Gasteiger partial charge in [0.25, 0.3) is 0 Å². The molecule has 1 aromatic rings. The Hall–Kier alpha value is -1.72. The third kappa shape index (κ3) is 2.87. The molecule has 0 unspecified atom stereocenters. The molecule has 0 aliphatic rings. The monoisotopic (exact) mass is 211 g/mol. The minimum atomic E-state index is -0.585. The van der Waals surface area contributed by atoms with Gasteiger partial charge in [0.05, 0.1) is 6.54 Å². The Balaban J connectivity index is 2.74. The number of rotatable bonds is 3. The fraction of sp³-hybridized carbons (Fsp3) is 0.556. The zero-order chi connectivity index (χ0) is 11.6. The first-order valence-electron chi connectivity index (χ1n) is 4.50. The number of carbonyl (C=O) groups is 1. The number of imidazole rings is 1. The van der Waals surface area contributed by atoms with Crippen molar-refractivity contribution in [3.63, 3.8) is 0 Å². The Morgan fingerprint density at radius 3 is 2.60 bits per heavy atom. The molecule has 0 atom stereocenters. The van der Waals surface area contributed by atoms with Crippen molar-refractivity contribution < 1.29 is 9.72 Å². The number of nitro groups is 1. The molecule has 0 aromatic carbocycles. The van der Waals surface area contributed by atoms with E-state index in [1.165, 1.54) is 17.1 Å². The highest BCUT2D eigenvalue weighted by atomic mass is 16.6. The summed E-state index contributed by atoms with van der Waals surface area (Å²) in [5, 5.41) is 10.3. The molecule has 0 bridgehead atoms. The number of nitrogens with zero attached hydrogens (tertiary/aromatic N) is 3. The quantitative estimate of drug-likeness (QED) is 0.559. The zero-order valence-electron chi connectivity index (χ0n) is 8.93. The van der Waals surface area contributed by atoms with Gasteiger partial charge < -0.3 is 14.7 Å². The van der Waals surface area contributed by atoms with E-state index in [1.807, 2.05) is 0 Å². The van der Waals surface area contributed by atoms with Crippen LogP contribution in [0.5, 0.6) is 0 Å². The molecule has 0 fully saturated rings. The second-order valence-electron chi connectivity index (χ2n) is 4.33. The molecule has 0 spiro atoms. The molecule has 82 valence electrons. The topological polar surface area (TPSA) is 78.0 Å². The van der Waals surface area contributed by atoms with E-state index in [4.69, 9.17) is 0 Å². The number of aromatic nitrogens is 2. The lowest BCUT2D eigenvalue weighted by atomic mass is 9.91. The third-order valence-corrected chi connectivity index (χ3v) is 1.97. The van der Waals surface area contributed by atoms with Crippen LogP contribution < -0.4 is 0 Å². The van der Waals surface area contributed by atoms with Gasteiger partial charge in [0.2, 0.25) is 6.33 Å². The molecular formula is C9H13N3O3. The standard InChI is InChI=1S/C9H13N3O3/c1-9(2,3)7(13)4-11-5-8(10-6-11)12(14)15/h5-6H,4H2,1-3H3. The normalized spacial score (nSPS) is 11.4. The van der Waals surface area contributed by atoms with Crippen LogP contribution in [0.25, 0.3) is 0 Å². The highest BCUT2D eigenvalue weighted by Crippen LogP contribution is 2.16. The van der Waals surface area contributed by atoms with Crippen molar-refractivity contribution in [2.75, 3.05) is 0 Å². The van der Waals surface area contributed by atoms with Gasteiger partial charge in [0.1, 0.15) is 6.20 Å². The molecule has 15 heavy (non-hydrogen) atoms. The van der Waals surface area contributed by atoms with E-state index in [1.54, 1.807) is 20.8 Å².